The second kappa shape index (κ2) is 7.53. The fraction of sp³-hybridized carbons (Fsp3) is 0.700. The smallest absolute Gasteiger partial charge is 0.246 e. The molecule has 0 aliphatic heterocycles. The lowest BCUT2D eigenvalue weighted by molar-refractivity contribution is -0.127. The normalized spacial score (nSPS) is 12.2. The van der Waals surface area contributed by atoms with E-state index >= 15 is 0 Å². The van der Waals surface area contributed by atoms with Gasteiger partial charge in [0.15, 0.2) is 0 Å². The molecule has 0 spiro atoms. The molecule has 0 aliphatic carbocycles. The number of hydrogen-bond donors (Lipinski definition) is 2. The third kappa shape index (κ3) is 4.99. The van der Waals surface area contributed by atoms with E-state index in [4.69, 9.17) is 5.11 Å². The van der Waals surface area contributed by atoms with Gasteiger partial charge in [0.25, 0.3) is 0 Å². The second-order valence-electron chi connectivity index (χ2n) is 3.18. The molecule has 0 aromatic rings. The van der Waals surface area contributed by atoms with Gasteiger partial charge in [0.05, 0.1) is 12.7 Å². The fourth-order valence-electron chi connectivity index (χ4n) is 1.08. The van der Waals surface area contributed by atoms with Crippen LogP contribution in [0.25, 0.3) is 0 Å². The molecule has 82 valence electrons. The maximum atomic E-state index is 11.3. The number of rotatable bonds is 7. The summed E-state index contributed by atoms with van der Waals surface area (Å²) >= 11 is 0. The molecule has 2 N–H and O–H groups in total. The van der Waals surface area contributed by atoms with Crippen molar-refractivity contribution in [2.75, 3.05) is 19.7 Å². The van der Waals surface area contributed by atoms with Gasteiger partial charge in [-0.3, -0.25) is 4.79 Å². The highest BCUT2D eigenvalue weighted by Gasteiger charge is 2.13. The van der Waals surface area contributed by atoms with E-state index in [0.717, 1.165) is 12.8 Å². The first-order valence-electron chi connectivity index (χ1n) is 4.86. The van der Waals surface area contributed by atoms with E-state index in [1.54, 1.807) is 0 Å². The van der Waals surface area contributed by atoms with Crippen molar-refractivity contribution in [3.63, 3.8) is 0 Å². The summed E-state index contributed by atoms with van der Waals surface area (Å²) in [6.07, 6.45) is 2.23. The first-order valence-corrected chi connectivity index (χ1v) is 4.86. The van der Waals surface area contributed by atoms with E-state index in [-0.39, 0.29) is 19.1 Å². The summed E-state index contributed by atoms with van der Waals surface area (Å²) in [7, 11) is 0. The molecule has 0 rings (SSSR count). The Labute approximate surface area is 84.8 Å². The Morgan fingerprint density at radius 3 is 2.71 bits per heavy atom. The molecule has 0 bridgehead atoms. The quantitative estimate of drug-likeness (QED) is 0.577. The Morgan fingerprint density at radius 1 is 1.64 bits per heavy atom. The molecule has 0 aromatic carbocycles. The summed E-state index contributed by atoms with van der Waals surface area (Å²) < 4.78 is 0. The highest BCUT2D eigenvalue weighted by atomic mass is 16.3. The lowest BCUT2D eigenvalue weighted by Crippen LogP contribution is -2.38. The van der Waals surface area contributed by atoms with Crippen molar-refractivity contribution in [1.29, 1.82) is 0 Å². The summed E-state index contributed by atoms with van der Waals surface area (Å²) in [6.45, 7) is 5.85. The second-order valence-corrected chi connectivity index (χ2v) is 3.18. The van der Waals surface area contributed by atoms with Gasteiger partial charge >= 0.3 is 0 Å². The molecule has 1 atom stereocenters. The van der Waals surface area contributed by atoms with Gasteiger partial charge in [0.2, 0.25) is 5.91 Å². The molecule has 4 heteroatoms. The van der Waals surface area contributed by atoms with E-state index < -0.39 is 6.10 Å². The van der Waals surface area contributed by atoms with Crippen molar-refractivity contribution in [3.8, 4) is 0 Å². The van der Waals surface area contributed by atoms with Gasteiger partial charge < -0.3 is 15.1 Å². The zero-order valence-corrected chi connectivity index (χ0v) is 8.65. The SMILES string of the molecule is C=CC(=O)N(CCCC)CC(O)CO. The number of carbonyl (C=O) groups excluding carboxylic acids is 1. The molecule has 0 fully saturated rings. The van der Waals surface area contributed by atoms with Gasteiger partial charge in [-0.1, -0.05) is 19.9 Å². The van der Waals surface area contributed by atoms with E-state index in [2.05, 4.69) is 6.58 Å². The minimum atomic E-state index is -0.865. The molecule has 4 nitrogen and oxygen atoms in total. The topological polar surface area (TPSA) is 60.8 Å². The van der Waals surface area contributed by atoms with Crippen molar-refractivity contribution < 1.29 is 15.0 Å². The standard InChI is InChI=1S/C10H19NO3/c1-3-5-6-11(10(14)4-2)7-9(13)8-12/h4,9,12-13H,2-3,5-8H2,1H3. The number of aliphatic hydroxyl groups excluding tert-OH is 2. The van der Waals surface area contributed by atoms with E-state index in [1.807, 2.05) is 6.92 Å². The molecule has 0 heterocycles. The number of aliphatic hydroxyl groups is 2. The number of amides is 1. The first-order chi connectivity index (χ1) is 6.65. The summed E-state index contributed by atoms with van der Waals surface area (Å²) in [5.41, 5.74) is 0. The van der Waals surface area contributed by atoms with Crippen LogP contribution in [0.3, 0.4) is 0 Å². The van der Waals surface area contributed by atoms with Gasteiger partial charge in [0, 0.05) is 13.1 Å². The third-order valence-electron chi connectivity index (χ3n) is 1.91. The van der Waals surface area contributed by atoms with Crippen molar-refractivity contribution in [2.45, 2.75) is 25.9 Å². The van der Waals surface area contributed by atoms with Crippen LogP contribution in [0.15, 0.2) is 12.7 Å². The maximum Gasteiger partial charge on any atom is 0.246 e. The fourth-order valence-corrected chi connectivity index (χ4v) is 1.08. The van der Waals surface area contributed by atoms with Crippen LogP contribution >= 0.6 is 0 Å². The Bertz CT molecular complexity index is 182. The molecule has 0 aromatic heterocycles. The average molecular weight is 201 g/mol. The van der Waals surface area contributed by atoms with E-state index in [0.29, 0.717) is 6.54 Å². The van der Waals surface area contributed by atoms with Crippen LogP contribution in [-0.2, 0) is 4.79 Å². The van der Waals surface area contributed by atoms with Gasteiger partial charge in [-0.2, -0.15) is 0 Å². The molecule has 14 heavy (non-hydrogen) atoms. The Morgan fingerprint density at radius 2 is 2.29 bits per heavy atom. The third-order valence-corrected chi connectivity index (χ3v) is 1.91. The highest BCUT2D eigenvalue weighted by molar-refractivity contribution is 5.86. The zero-order valence-electron chi connectivity index (χ0n) is 8.65. The first kappa shape index (κ1) is 13.1. The summed E-state index contributed by atoms with van der Waals surface area (Å²) in [4.78, 5) is 12.8. The lowest BCUT2D eigenvalue weighted by atomic mass is 10.2. The predicted molar refractivity (Wildman–Crippen MR) is 54.8 cm³/mol. The molecule has 1 amide bonds. The lowest BCUT2D eigenvalue weighted by Gasteiger charge is -2.23. The molecular formula is C10H19NO3. The molecule has 0 radical (unpaired) electrons. The van der Waals surface area contributed by atoms with Crippen LogP contribution in [0.1, 0.15) is 19.8 Å². The van der Waals surface area contributed by atoms with Gasteiger partial charge in [-0.15, -0.1) is 0 Å². The number of unbranched alkanes of at least 4 members (excludes halogenated alkanes) is 1. The van der Waals surface area contributed by atoms with Crippen LogP contribution < -0.4 is 0 Å². The average Bonchev–Trinajstić information content (AvgIpc) is 2.22. The number of hydrogen-bond acceptors (Lipinski definition) is 3. The predicted octanol–water partition coefficient (Wildman–Crippen LogP) is 0.154. The largest absolute Gasteiger partial charge is 0.394 e. The minimum absolute atomic E-state index is 0.168. The Kier molecular flexibility index (Phi) is 7.06. The summed E-state index contributed by atoms with van der Waals surface area (Å²) in [5.74, 6) is -0.203. The molecule has 1 unspecified atom stereocenters. The summed E-state index contributed by atoms with van der Waals surface area (Å²) in [6, 6.07) is 0. The maximum absolute atomic E-state index is 11.3. The van der Waals surface area contributed by atoms with Crippen molar-refractivity contribution >= 4 is 5.91 Å². The summed E-state index contributed by atoms with van der Waals surface area (Å²) in [5, 5.41) is 17.8. The van der Waals surface area contributed by atoms with Crippen LogP contribution in [0.5, 0.6) is 0 Å². The van der Waals surface area contributed by atoms with Gasteiger partial charge in [-0.25, -0.2) is 0 Å². The van der Waals surface area contributed by atoms with Crippen LogP contribution in [0.4, 0.5) is 0 Å². The van der Waals surface area contributed by atoms with Crippen LogP contribution in [0, 0.1) is 0 Å². The number of nitrogens with zero attached hydrogens (tertiary/aromatic N) is 1. The van der Waals surface area contributed by atoms with Crippen LogP contribution in [-0.4, -0.2) is 46.8 Å². The molecular weight excluding hydrogens is 182 g/mol. The van der Waals surface area contributed by atoms with Gasteiger partial charge in [0.1, 0.15) is 0 Å². The minimum Gasteiger partial charge on any atom is -0.394 e. The van der Waals surface area contributed by atoms with Gasteiger partial charge in [-0.05, 0) is 12.5 Å². The van der Waals surface area contributed by atoms with Crippen molar-refractivity contribution in [2.24, 2.45) is 0 Å². The van der Waals surface area contributed by atoms with Crippen LogP contribution in [0.2, 0.25) is 0 Å². The molecule has 0 saturated carbocycles. The van der Waals surface area contributed by atoms with Crippen molar-refractivity contribution in [1.82, 2.24) is 4.90 Å². The molecule has 0 saturated heterocycles. The monoisotopic (exact) mass is 201 g/mol. The van der Waals surface area contributed by atoms with E-state index in [9.17, 15) is 9.90 Å². The van der Waals surface area contributed by atoms with Crippen molar-refractivity contribution in [3.05, 3.63) is 12.7 Å². The zero-order chi connectivity index (χ0) is 11.0. The Hall–Kier alpha value is -0.870. The molecule has 0 aliphatic rings. The highest BCUT2D eigenvalue weighted by Crippen LogP contribution is 1.98. The Balaban J connectivity index is 4.09. The van der Waals surface area contributed by atoms with E-state index in [1.165, 1.54) is 11.0 Å². The number of carbonyl (C=O) groups is 1.